The fourth-order valence-electron chi connectivity index (χ4n) is 4.47. The monoisotopic (exact) mass is 543 g/mol. The summed E-state index contributed by atoms with van der Waals surface area (Å²) in [5.41, 5.74) is 2.35. The average molecular weight is 544 g/mol. The molecule has 0 radical (unpaired) electrons. The van der Waals surface area contributed by atoms with Gasteiger partial charge < -0.3 is 30.1 Å². The number of para-hydroxylation sites is 2. The molecule has 1 aliphatic heterocycles. The number of likely N-dealkylation sites (N-methyl/N-ethyl adjacent to an activating group) is 1. The number of nitrogens with zero attached hydrogens (tertiary/aromatic N) is 3. The Morgan fingerprint density at radius 1 is 1.00 bits per heavy atom. The summed E-state index contributed by atoms with van der Waals surface area (Å²) in [6, 6.07) is 13.6. The summed E-state index contributed by atoms with van der Waals surface area (Å²) in [5.74, 6) is 0.728. The van der Waals surface area contributed by atoms with Crippen molar-refractivity contribution in [1.82, 2.24) is 10.2 Å². The van der Waals surface area contributed by atoms with E-state index in [9.17, 15) is 9.59 Å². The van der Waals surface area contributed by atoms with Crippen molar-refractivity contribution in [2.45, 2.75) is 27.7 Å². The van der Waals surface area contributed by atoms with Gasteiger partial charge in [-0.2, -0.15) is 0 Å². The van der Waals surface area contributed by atoms with Gasteiger partial charge in [0, 0.05) is 56.5 Å². The molecule has 0 unspecified atom stereocenters. The Labute approximate surface area is 232 Å². The highest BCUT2D eigenvalue weighted by Gasteiger charge is 2.28. The van der Waals surface area contributed by atoms with E-state index in [0.29, 0.717) is 17.8 Å². The third-order valence-electron chi connectivity index (χ3n) is 7.10. The fourth-order valence-corrected chi connectivity index (χ4v) is 4.60. The van der Waals surface area contributed by atoms with Crippen molar-refractivity contribution in [3.63, 3.8) is 0 Å². The fraction of sp³-hybridized carbons (Fsp3) is 0.517. The normalized spacial score (nSPS) is 14.0. The van der Waals surface area contributed by atoms with Gasteiger partial charge >= 0.3 is 0 Å². The third kappa shape index (κ3) is 7.32. The first-order valence-corrected chi connectivity index (χ1v) is 13.9. The molecule has 8 nitrogen and oxygen atoms in total. The lowest BCUT2D eigenvalue weighted by Gasteiger charge is -2.38. The van der Waals surface area contributed by atoms with Crippen molar-refractivity contribution in [2.24, 2.45) is 5.41 Å². The Bertz CT molecular complexity index is 1080. The quantitative estimate of drug-likeness (QED) is 0.389. The van der Waals surface area contributed by atoms with E-state index in [1.807, 2.05) is 30.3 Å². The van der Waals surface area contributed by atoms with Crippen LogP contribution in [0.5, 0.6) is 5.75 Å². The number of ether oxygens (including phenoxy) is 1. The van der Waals surface area contributed by atoms with Crippen LogP contribution in [0.4, 0.5) is 17.1 Å². The molecule has 0 aromatic heterocycles. The number of piperazine rings is 1. The number of nitrogens with one attached hydrogen (secondary N) is 2. The van der Waals surface area contributed by atoms with E-state index in [2.05, 4.69) is 45.2 Å². The lowest BCUT2D eigenvalue weighted by Crippen LogP contribution is -2.47. The van der Waals surface area contributed by atoms with Gasteiger partial charge in [0.1, 0.15) is 5.75 Å². The molecule has 1 heterocycles. The molecule has 2 N–H and O–H groups in total. The highest BCUT2D eigenvalue weighted by Crippen LogP contribution is 2.31. The zero-order valence-electron chi connectivity index (χ0n) is 23.3. The van der Waals surface area contributed by atoms with Crippen molar-refractivity contribution >= 4 is 40.5 Å². The molecule has 2 aromatic carbocycles. The summed E-state index contributed by atoms with van der Waals surface area (Å²) in [5, 5.41) is 6.02. The van der Waals surface area contributed by atoms with Gasteiger partial charge in [-0.1, -0.05) is 26.0 Å². The Kier molecular flexibility index (Phi) is 10.7. The molecule has 0 saturated carbocycles. The lowest BCUT2D eigenvalue weighted by molar-refractivity contribution is -0.122. The minimum Gasteiger partial charge on any atom is -0.495 e. The first-order chi connectivity index (χ1) is 18.2. The van der Waals surface area contributed by atoms with Crippen LogP contribution in [0, 0.1) is 5.41 Å². The van der Waals surface area contributed by atoms with E-state index in [1.165, 1.54) is 0 Å². The molecule has 2 amide bonds. The summed E-state index contributed by atoms with van der Waals surface area (Å²) in [6.07, 6.45) is 0. The molecule has 0 atom stereocenters. The molecule has 0 bridgehead atoms. The van der Waals surface area contributed by atoms with Gasteiger partial charge in [-0.15, -0.1) is 11.6 Å². The Balaban J connectivity index is 1.80. The second-order valence-electron chi connectivity index (χ2n) is 10.1. The van der Waals surface area contributed by atoms with Crippen LogP contribution in [0.2, 0.25) is 0 Å². The van der Waals surface area contributed by atoms with Crippen molar-refractivity contribution < 1.29 is 14.3 Å². The van der Waals surface area contributed by atoms with Crippen molar-refractivity contribution in [2.75, 3.05) is 80.5 Å². The van der Waals surface area contributed by atoms with Gasteiger partial charge in [0.2, 0.25) is 5.91 Å². The Morgan fingerprint density at radius 2 is 1.63 bits per heavy atom. The number of alkyl halides is 1. The van der Waals surface area contributed by atoms with E-state index in [1.54, 1.807) is 27.0 Å². The largest absolute Gasteiger partial charge is 0.495 e. The highest BCUT2D eigenvalue weighted by atomic mass is 35.5. The molecular formula is C29H42ClN5O3. The molecular weight excluding hydrogens is 502 g/mol. The first-order valence-electron chi connectivity index (χ1n) is 13.4. The number of methoxy groups -OCH3 is 1. The maximum atomic E-state index is 13.4. The number of anilines is 3. The maximum Gasteiger partial charge on any atom is 0.253 e. The van der Waals surface area contributed by atoms with Crippen molar-refractivity contribution in [1.29, 1.82) is 0 Å². The molecule has 208 valence electrons. The van der Waals surface area contributed by atoms with Gasteiger partial charge in [-0.3, -0.25) is 9.59 Å². The number of hydrogen-bond acceptors (Lipinski definition) is 6. The molecule has 0 spiro atoms. The van der Waals surface area contributed by atoms with E-state index in [0.717, 1.165) is 62.9 Å². The van der Waals surface area contributed by atoms with Gasteiger partial charge in [-0.05, 0) is 57.3 Å². The second-order valence-corrected chi connectivity index (χ2v) is 10.4. The number of benzene rings is 2. The minimum atomic E-state index is -0.721. The molecule has 0 aliphatic carbocycles. The van der Waals surface area contributed by atoms with Crippen molar-refractivity contribution in [3.05, 3.63) is 48.0 Å². The summed E-state index contributed by atoms with van der Waals surface area (Å²) in [6.45, 7) is 14.1. The molecule has 2 aromatic rings. The van der Waals surface area contributed by atoms with Gasteiger partial charge in [-0.25, -0.2) is 0 Å². The van der Waals surface area contributed by atoms with E-state index >= 15 is 0 Å². The number of halogens is 1. The van der Waals surface area contributed by atoms with Gasteiger partial charge in [0.15, 0.2) is 0 Å². The Hall–Kier alpha value is -2.97. The lowest BCUT2D eigenvalue weighted by atomic mass is 9.95. The van der Waals surface area contributed by atoms with Crippen LogP contribution in [0.25, 0.3) is 0 Å². The van der Waals surface area contributed by atoms with Crippen LogP contribution in [0.1, 0.15) is 38.1 Å². The number of hydrogen-bond donors (Lipinski definition) is 2. The van der Waals surface area contributed by atoms with Crippen LogP contribution >= 0.6 is 11.6 Å². The molecule has 1 saturated heterocycles. The standard InChI is InChI=1S/C29H42ClN5O3/c1-6-33(7-2)15-14-31-27(36)23-20-22(32-28(37)29(3,4)21-30)12-13-24(23)34-16-18-35(19-17-34)25-10-8-9-11-26(25)38-5/h8-13,20H,6-7,14-19,21H2,1-5H3,(H,31,36)(H,32,37). The predicted octanol–water partition coefficient (Wildman–Crippen LogP) is 4.30. The van der Waals surface area contributed by atoms with Crippen LogP contribution in [0.15, 0.2) is 42.5 Å². The summed E-state index contributed by atoms with van der Waals surface area (Å²) < 4.78 is 5.55. The molecule has 1 fully saturated rings. The van der Waals surface area contributed by atoms with Crippen LogP contribution < -0.4 is 25.2 Å². The van der Waals surface area contributed by atoms with Gasteiger partial charge in [0.25, 0.3) is 5.91 Å². The molecule has 9 heteroatoms. The number of carbonyl (C=O) groups is 2. The number of amides is 2. The summed E-state index contributed by atoms with van der Waals surface area (Å²) in [7, 11) is 1.69. The van der Waals surface area contributed by atoms with Crippen molar-refractivity contribution in [3.8, 4) is 5.75 Å². The zero-order chi connectivity index (χ0) is 27.7. The first kappa shape index (κ1) is 29.6. The second kappa shape index (κ2) is 13.7. The highest BCUT2D eigenvalue weighted by molar-refractivity contribution is 6.20. The predicted molar refractivity (Wildman–Crippen MR) is 157 cm³/mol. The van der Waals surface area contributed by atoms with Crippen LogP contribution in [-0.2, 0) is 4.79 Å². The molecule has 1 aliphatic rings. The van der Waals surface area contributed by atoms with E-state index in [4.69, 9.17) is 16.3 Å². The Morgan fingerprint density at radius 3 is 2.24 bits per heavy atom. The minimum absolute atomic E-state index is 0.146. The molecule has 3 rings (SSSR count). The van der Waals surface area contributed by atoms with Gasteiger partial charge in [0.05, 0.1) is 23.8 Å². The van der Waals surface area contributed by atoms with Crippen LogP contribution in [-0.4, -0.2) is 82.1 Å². The number of rotatable bonds is 12. The zero-order valence-corrected chi connectivity index (χ0v) is 24.1. The maximum absolute atomic E-state index is 13.4. The smallest absolute Gasteiger partial charge is 0.253 e. The third-order valence-corrected chi connectivity index (χ3v) is 7.77. The SMILES string of the molecule is CCN(CC)CCNC(=O)c1cc(NC(=O)C(C)(C)CCl)ccc1N1CCN(c2ccccc2OC)CC1. The topological polar surface area (TPSA) is 77.2 Å². The molecule has 38 heavy (non-hydrogen) atoms. The van der Waals surface area contributed by atoms with E-state index < -0.39 is 5.41 Å². The van der Waals surface area contributed by atoms with Crippen LogP contribution in [0.3, 0.4) is 0 Å². The summed E-state index contributed by atoms with van der Waals surface area (Å²) in [4.78, 5) is 33.0. The summed E-state index contributed by atoms with van der Waals surface area (Å²) >= 11 is 6.00. The number of carbonyl (C=O) groups excluding carboxylic acids is 2. The van der Waals surface area contributed by atoms with E-state index in [-0.39, 0.29) is 17.7 Å². The average Bonchev–Trinajstić information content (AvgIpc) is 2.95.